The molecule has 1 heterocycles. The molecule has 0 aliphatic carbocycles. The van der Waals surface area contributed by atoms with Gasteiger partial charge in [-0.05, 0) is 11.5 Å². The molecule has 1 aromatic heterocycles. The van der Waals surface area contributed by atoms with Crippen molar-refractivity contribution in [2.24, 2.45) is 0 Å². The normalized spacial score (nSPS) is 12.0. The van der Waals surface area contributed by atoms with Crippen molar-refractivity contribution in [2.45, 2.75) is 31.1 Å². The van der Waals surface area contributed by atoms with Gasteiger partial charge in [-0.25, -0.2) is 0 Å². The summed E-state index contributed by atoms with van der Waals surface area (Å²) in [6.07, 6.45) is 0. The SMILES string of the molecule is CC(C)(C)c1cc(S)cs1. The molecule has 1 aromatic rings. The van der Waals surface area contributed by atoms with Crippen LogP contribution in [0, 0.1) is 0 Å². The monoisotopic (exact) mass is 172 g/mol. The second-order valence-electron chi connectivity index (χ2n) is 3.42. The van der Waals surface area contributed by atoms with E-state index in [0.717, 1.165) is 4.90 Å². The van der Waals surface area contributed by atoms with Crippen LogP contribution in [0.25, 0.3) is 0 Å². The van der Waals surface area contributed by atoms with Crippen molar-refractivity contribution in [2.75, 3.05) is 0 Å². The molecule has 0 N–H and O–H groups in total. The lowest BCUT2D eigenvalue weighted by atomic mass is 9.95. The second kappa shape index (κ2) is 2.59. The third-order valence-electron chi connectivity index (χ3n) is 1.32. The average Bonchev–Trinajstić information content (AvgIpc) is 2.11. The molecular weight excluding hydrogens is 160 g/mol. The van der Waals surface area contributed by atoms with Gasteiger partial charge in [0.2, 0.25) is 0 Å². The first-order valence-electron chi connectivity index (χ1n) is 3.28. The minimum absolute atomic E-state index is 0.283. The fraction of sp³-hybridized carbons (Fsp3) is 0.500. The van der Waals surface area contributed by atoms with Crippen LogP contribution in [0.3, 0.4) is 0 Å². The van der Waals surface area contributed by atoms with Gasteiger partial charge in [0.15, 0.2) is 0 Å². The fourth-order valence-corrected chi connectivity index (χ4v) is 1.96. The Kier molecular flexibility index (Phi) is 2.11. The molecule has 0 spiro atoms. The van der Waals surface area contributed by atoms with Crippen LogP contribution in [0.1, 0.15) is 25.6 Å². The first-order valence-corrected chi connectivity index (χ1v) is 4.61. The maximum absolute atomic E-state index is 4.25. The summed E-state index contributed by atoms with van der Waals surface area (Å²) in [5, 5.41) is 2.07. The zero-order valence-electron chi connectivity index (χ0n) is 6.51. The van der Waals surface area contributed by atoms with Crippen molar-refractivity contribution in [1.82, 2.24) is 0 Å². The summed E-state index contributed by atoms with van der Waals surface area (Å²) in [4.78, 5) is 2.48. The van der Waals surface area contributed by atoms with E-state index in [1.54, 1.807) is 11.3 Å². The van der Waals surface area contributed by atoms with E-state index < -0.39 is 0 Å². The van der Waals surface area contributed by atoms with Gasteiger partial charge in [0, 0.05) is 15.2 Å². The third-order valence-corrected chi connectivity index (χ3v) is 3.11. The molecule has 56 valence electrons. The van der Waals surface area contributed by atoms with E-state index in [9.17, 15) is 0 Å². The van der Waals surface area contributed by atoms with E-state index >= 15 is 0 Å². The highest BCUT2D eigenvalue weighted by Crippen LogP contribution is 2.29. The Labute approximate surface area is 71.7 Å². The molecule has 0 aliphatic rings. The van der Waals surface area contributed by atoms with E-state index in [4.69, 9.17) is 0 Å². The van der Waals surface area contributed by atoms with Gasteiger partial charge in [0.1, 0.15) is 0 Å². The minimum atomic E-state index is 0.283. The van der Waals surface area contributed by atoms with E-state index in [0.29, 0.717) is 0 Å². The molecule has 1 rings (SSSR count). The summed E-state index contributed by atoms with van der Waals surface area (Å²) in [7, 11) is 0. The van der Waals surface area contributed by atoms with Gasteiger partial charge in [-0.1, -0.05) is 20.8 Å². The van der Waals surface area contributed by atoms with Crippen molar-refractivity contribution in [3.63, 3.8) is 0 Å². The Balaban J connectivity index is 2.96. The smallest absolute Gasteiger partial charge is 0.0150 e. The van der Waals surface area contributed by atoms with Crippen molar-refractivity contribution in [3.8, 4) is 0 Å². The summed E-state index contributed by atoms with van der Waals surface area (Å²) in [5.74, 6) is 0. The highest BCUT2D eigenvalue weighted by Gasteiger charge is 2.14. The number of hydrogen-bond donors (Lipinski definition) is 1. The molecule has 2 heteroatoms. The minimum Gasteiger partial charge on any atom is -0.147 e. The Morgan fingerprint density at radius 3 is 2.20 bits per heavy atom. The highest BCUT2D eigenvalue weighted by atomic mass is 32.1. The highest BCUT2D eigenvalue weighted by molar-refractivity contribution is 7.80. The predicted molar refractivity (Wildman–Crippen MR) is 50.3 cm³/mol. The van der Waals surface area contributed by atoms with E-state index in [1.807, 2.05) is 0 Å². The van der Waals surface area contributed by atoms with Crippen LogP contribution in [0.4, 0.5) is 0 Å². The molecular formula is C8H12S2. The van der Waals surface area contributed by atoms with Crippen LogP contribution < -0.4 is 0 Å². The number of rotatable bonds is 0. The van der Waals surface area contributed by atoms with Gasteiger partial charge in [-0.15, -0.1) is 24.0 Å². The Morgan fingerprint density at radius 1 is 1.40 bits per heavy atom. The number of hydrogen-bond acceptors (Lipinski definition) is 2. The van der Waals surface area contributed by atoms with E-state index in [-0.39, 0.29) is 5.41 Å². The molecule has 0 unspecified atom stereocenters. The average molecular weight is 172 g/mol. The molecule has 0 fully saturated rings. The molecule has 0 saturated carbocycles. The van der Waals surface area contributed by atoms with Crippen molar-refractivity contribution >= 4 is 24.0 Å². The number of thiol groups is 1. The van der Waals surface area contributed by atoms with Gasteiger partial charge in [-0.2, -0.15) is 0 Å². The molecule has 0 nitrogen and oxygen atoms in total. The van der Waals surface area contributed by atoms with E-state index in [1.165, 1.54) is 4.88 Å². The van der Waals surface area contributed by atoms with Gasteiger partial charge < -0.3 is 0 Å². The number of thiophene rings is 1. The van der Waals surface area contributed by atoms with Crippen LogP contribution in [-0.4, -0.2) is 0 Å². The molecule has 0 saturated heterocycles. The van der Waals surface area contributed by atoms with Crippen LogP contribution in [0.15, 0.2) is 16.3 Å². The summed E-state index contributed by atoms with van der Waals surface area (Å²) < 4.78 is 0. The maximum atomic E-state index is 4.25. The summed E-state index contributed by atoms with van der Waals surface area (Å²) in [6.45, 7) is 6.64. The van der Waals surface area contributed by atoms with Crippen LogP contribution in [0.2, 0.25) is 0 Å². The maximum Gasteiger partial charge on any atom is 0.0150 e. The van der Waals surface area contributed by atoms with Crippen LogP contribution >= 0.6 is 24.0 Å². The fourth-order valence-electron chi connectivity index (χ4n) is 0.719. The third kappa shape index (κ3) is 1.77. The van der Waals surface area contributed by atoms with E-state index in [2.05, 4.69) is 44.8 Å². The largest absolute Gasteiger partial charge is 0.147 e. The second-order valence-corrected chi connectivity index (χ2v) is 4.85. The van der Waals surface area contributed by atoms with Crippen molar-refractivity contribution in [3.05, 3.63) is 16.3 Å². The lowest BCUT2D eigenvalue weighted by Crippen LogP contribution is -2.07. The van der Waals surface area contributed by atoms with Gasteiger partial charge in [0.25, 0.3) is 0 Å². The molecule has 0 amide bonds. The lowest BCUT2D eigenvalue weighted by molar-refractivity contribution is 0.603. The summed E-state index contributed by atoms with van der Waals surface area (Å²) in [6, 6.07) is 2.13. The van der Waals surface area contributed by atoms with Crippen LogP contribution in [-0.2, 0) is 5.41 Å². The lowest BCUT2D eigenvalue weighted by Gasteiger charge is -2.14. The van der Waals surface area contributed by atoms with Gasteiger partial charge in [0.05, 0.1) is 0 Å². The molecule has 0 bridgehead atoms. The molecule has 0 atom stereocenters. The van der Waals surface area contributed by atoms with Crippen LogP contribution in [0.5, 0.6) is 0 Å². The zero-order valence-corrected chi connectivity index (χ0v) is 8.22. The quantitative estimate of drug-likeness (QED) is 0.570. The standard InChI is InChI=1S/C8H12S2/c1-8(2,3)7-4-6(9)5-10-7/h4-5,9H,1-3H3. The Hall–Kier alpha value is 0.0500. The molecule has 0 radical (unpaired) electrons. The topological polar surface area (TPSA) is 0 Å². The Bertz CT molecular complexity index is 217. The summed E-state index contributed by atoms with van der Waals surface area (Å²) >= 11 is 6.03. The predicted octanol–water partition coefficient (Wildman–Crippen LogP) is 3.33. The summed E-state index contributed by atoms with van der Waals surface area (Å²) in [5.41, 5.74) is 0.283. The first kappa shape index (κ1) is 8.15. The molecule has 10 heavy (non-hydrogen) atoms. The van der Waals surface area contributed by atoms with Gasteiger partial charge in [-0.3, -0.25) is 0 Å². The molecule has 0 aromatic carbocycles. The zero-order chi connectivity index (χ0) is 7.78. The van der Waals surface area contributed by atoms with Crippen molar-refractivity contribution in [1.29, 1.82) is 0 Å². The Morgan fingerprint density at radius 2 is 2.00 bits per heavy atom. The molecule has 0 aliphatic heterocycles. The van der Waals surface area contributed by atoms with Crippen molar-refractivity contribution < 1.29 is 0 Å². The first-order chi connectivity index (χ1) is 4.50. The van der Waals surface area contributed by atoms with Gasteiger partial charge >= 0.3 is 0 Å².